The summed E-state index contributed by atoms with van der Waals surface area (Å²) in [6, 6.07) is 6.71. The van der Waals surface area contributed by atoms with Crippen LogP contribution in [0.1, 0.15) is 43.9 Å². The van der Waals surface area contributed by atoms with Crippen LogP contribution in [0.5, 0.6) is 5.75 Å². The van der Waals surface area contributed by atoms with Gasteiger partial charge in [-0.2, -0.15) is 0 Å². The van der Waals surface area contributed by atoms with E-state index in [2.05, 4.69) is 18.0 Å². The molecule has 1 aromatic rings. The van der Waals surface area contributed by atoms with Crippen LogP contribution < -0.4 is 4.74 Å². The van der Waals surface area contributed by atoms with E-state index in [1.54, 1.807) is 6.92 Å². The van der Waals surface area contributed by atoms with Gasteiger partial charge in [-0.1, -0.05) is 6.07 Å². The van der Waals surface area contributed by atoms with Crippen LogP contribution in [-0.2, 0) is 6.54 Å². The molecule has 0 aromatic heterocycles. The first-order valence-corrected chi connectivity index (χ1v) is 6.75. The van der Waals surface area contributed by atoms with E-state index in [1.807, 2.05) is 19.1 Å². The lowest BCUT2D eigenvalue weighted by Crippen LogP contribution is -2.20. The molecular formula is C15H23NO2. The molecular weight excluding hydrogens is 226 g/mol. The molecule has 100 valence electrons. The van der Waals surface area contributed by atoms with Gasteiger partial charge in [0.1, 0.15) is 5.75 Å². The first-order valence-electron chi connectivity index (χ1n) is 6.75. The van der Waals surface area contributed by atoms with Gasteiger partial charge in [0, 0.05) is 18.2 Å². The molecule has 1 aliphatic carbocycles. The van der Waals surface area contributed by atoms with Crippen molar-refractivity contribution in [2.75, 3.05) is 13.7 Å². The molecule has 1 unspecified atom stereocenters. The molecule has 1 atom stereocenters. The van der Waals surface area contributed by atoms with Crippen LogP contribution in [0.2, 0.25) is 0 Å². The Bertz CT molecular complexity index is 399. The second kappa shape index (κ2) is 5.72. The van der Waals surface area contributed by atoms with Gasteiger partial charge in [-0.05, 0) is 51.4 Å². The van der Waals surface area contributed by atoms with Gasteiger partial charge in [-0.3, -0.25) is 4.90 Å². The number of hydrogen-bond donors (Lipinski definition) is 1. The monoisotopic (exact) mass is 249 g/mol. The Balaban J connectivity index is 2.18. The highest BCUT2D eigenvalue weighted by Crippen LogP contribution is 2.30. The maximum atomic E-state index is 9.67. The van der Waals surface area contributed by atoms with Crippen LogP contribution in [0.15, 0.2) is 18.2 Å². The normalized spacial score (nSPS) is 16.9. The predicted molar refractivity (Wildman–Crippen MR) is 72.7 cm³/mol. The van der Waals surface area contributed by atoms with Crippen molar-refractivity contribution in [1.82, 2.24) is 4.90 Å². The summed E-state index contributed by atoms with van der Waals surface area (Å²) in [5.74, 6) is 0.939. The van der Waals surface area contributed by atoms with Crippen molar-refractivity contribution in [3.8, 4) is 5.75 Å². The summed E-state index contributed by atoms with van der Waals surface area (Å²) < 4.78 is 5.66. The van der Waals surface area contributed by atoms with Crippen molar-refractivity contribution in [1.29, 1.82) is 0 Å². The first kappa shape index (κ1) is 13.4. The van der Waals surface area contributed by atoms with Gasteiger partial charge in [0.15, 0.2) is 0 Å². The van der Waals surface area contributed by atoms with E-state index < -0.39 is 6.10 Å². The van der Waals surface area contributed by atoms with Gasteiger partial charge in [0.2, 0.25) is 0 Å². The topological polar surface area (TPSA) is 32.7 Å². The molecule has 0 aliphatic heterocycles. The maximum Gasteiger partial charge on any atom is 0.123 e. The van der Waals surface area contributed by atoms with E-state index in [1.165, 1.54) is 18.4 Å². The molecule has 2 rings (SSSR count). The van der Waals surface area contributed by atoms with Crippen molar-refractivity contribution in [3.63, 3.8) is 0 Å². The molecule has 1 saturated carbocycles. The summed E-state index contributed by atoms with van der Waals surface area (Å²) in [5, 5.41) is 9.67. The van der Waals surface area contributed by atoms with Crippen molar-refractivity contribution in [3.05, 3.63) is 29.3 Å². The fourth-order valence-electron chi connectivity index (χ4n) is 2.19. The number of rotatable bonds is 6. The third-order valence-corrected chi connectivity index (χ3v) is 3.46. The minimum absolute atomic E-state index is 0.425. The van der Waals surface area contributed by atoms with Crippen LogP contribution in [0.4, 0.5) is 0 Å². The highest BCUT2D eigenvalue weighted by Gasteiger charge is 2.26. The SMILES string of the molecule is CCOc1ccc(C(C)O)cc1CN(C)C1CC1. The minimum atomic E-state index is -0.425. The summed E-state index contributed by atoms with van der Waals surface area (Å²) >= 11 is 0. The number of ether oxygens (including phenoxy) is 1. The highest BCUT2D eigenvalue weighted by molar-refractivity contribution is 5.38. The molecule has 18 heavy (non-hydrogen) atoms. The van der Waals surface area contributed by atoms with Gasteiger partial charge in [-0.25, -0.2) is 0 Å². The Morgan fingerprint density at radius 3 is 2.72 bits per heavy atom. The molecule has 1 N–H and O–H groups in total. The van der Waals surface area contributed by atoms with Gasteiger partial charge in [-0.15, -0.1) is 0 Å². The van der Waals surface area contributed by atoms with Gasteiger partial charge < -0.3 is 9.84 Å². The van der Waals surface area contributed by atoms with E-state index in [0.717, 1.165) is 23.9 Å². The molecule has 0 radical (unpaired) electrons. The average Bonchev–Trinajstić information content (AvgIpc) is 3.15. The number of benzene rings is 1. The molecule has 1 aromatic carbocycles. The average molecular weight is 249 g/mol. The standard InChI is InChI=1S/C15H23NO2/c1-4-18-15-8-5-12(11(2)17)9-13(15)10-16(3)14-6-7-14/h5,8-9,11,14,17H,4,6-7,10H2,1-3H3. The zero-order valence-electron chi connectivity index (χ0n) is 11.5. The fraction of sp³-hybridized carbons (Fsp3) is 0.600. The molecule has 0 bridgehead atoms. The summed E-state index contributed by atoms with van der Waals surface area (Å²) in [4.78, 5) is 2.36. The molecule has 0 spiro atoms. The Labute approximate surface area is 109 Å². The highest BCUT2D eigenvalue weighted by atomic mass is 16.5. The molecule has 1 fully saturated rings. The number of nitrogens with zero attached hydrogens (tertiary/aromatic N) is 1. The van der Waals surface area contributed by atoms with Crippen LogP contribution in [0.3, 0.4) is 0 Å². The van der Waals surface area contributed by atoms with E-state index >= 15 is 0 Å². The van der Waals surface area contributed by atoms with E-state index in [0.29, 0.717) is 6.61 Å². The van der Waals surface area contributed by atoms with Crippen molar-refractivity contribution in [2.24, 2.45) is 0 Å². The Kier molecular flexibility index (Phi) is 4.25. The molecule has 0 amide bonds. The fourth-order valence-corrected chi connectivity index (χ4v) is 2.19. The van der Waals surface area contributed by atoms with Gasteiger partial charge in [0.05, 0.1) is 12.7 Å². The Morgan fingerprint density at radius 1 is 1.44 bits per heavy atom. The molecule has 3 heteroatoms. The summed E-state index contributed by atoms with van der Waals surface area (Å²) in [6.45, 7) is 5.36. The zero-order valence-corrected chi connectivity index (χ0v) is 11.5. The Hall–Kier alpha value is -1.06. The van der Waals surface area contributed by atoms with Crippen LogP contribution in [0.25, 0.3) is 0 Å². The largest absolute Gasteiger partial charge is 0.494 e. The molecule has 3 nitrogen and oxygen atoms in total. The quantitative estimate of drug-likeness (QED) is 0.841. The number of aliphatic hydroxyl groups is 1. The maximum absolute atomic E-state index is 9.67. The van der Waals surface area contributed by atoms with Crippen molar-refractivity contribution in [2.45, 2.75) is 45.4 Å². The first-order chi connectivity index (χ1) is 8.61. The number of hydrogen-bond acceptors (Lipinski definition) is 3. The lowest BCUT2D eigenvalue weighted by Gasteiger charge is -2.19. The van der Waals surface area contributed by atoms with Crippen LogP contribution in [-0.4, -0.2) is 29.7 Å². The predicted octanol–water partition coefficient (Wildman–Crippen LogP) is 2.73. The lowest BCUT2D eigenvalue weighted by atomic mass is 10.1. The van der Waals surface area contributed by atoms with Crippen molar-refractivity contribution >= 4 is 0 Å². The molecule has 0 heterocycles. The minimum Gasteiger partial charge on any atom is -0.494 e. The summed E-state index contributed by atoms with van der Waals surface area (Å²) in [6.07, 6.45) is 2.18. The Morgan fingerprint density at radius 2 is 2.17 bits per heavy atom. The van der Waals surface area contributed by atoms with E-state index in [4.69, 9.17) is 4.74 Å². The van der Waals surface area contributed by atoms with Crippen LogP contribution in [0, 0.1) is 0 Å². The molecule has 1 aliphatic rings. The number of aliphatic hydroxyl groups excluding tert-OH is 1. The summed E-state index contributed by atoms with van der Waals surface area (Å²) in [5.41, 5.74) is 2.13. The van der Waals surface area contributed by atoms with Gasteiger partial charge >= 0.3 is 0 Å². The van der Waals surface area contributed by atoms with E-state index in [9.17, 15) is 5.11 Å². The zero-order chi connectivity index (χ0) is 13.1. The van der Waals surface area contributed by atoms with Crippen LogP contribution >= 0.6 is 0 Å². The second-order valence-corrected chi connectivity index (χ2v) is 5.12. The van der Waals surface area contributed by atoms with Gasteiger partial charge in [0.25, 0.3) is 0 Å². The van der Waals surface area contributed by atoms with Crippen molar-refractivity contribution < 1.29 is 9.84 Å². The van der Waals surface area contributed by atoms with E-state index in [-0.39, 0.29) is 0 Å². The third kappa shape index (κ3) is 3.24. The summed E-state index contributed by atoms with van der Waals surface area (Å²) in [7, 11) is 2.16. The lowest BCUT2D eigenvalue weighted by molar-refractivity contribution is 0.198. The molecule has 0 saturated heterocycles. The smallest absolute Gasteiger partial charge is 0.123 e. The second-order valence-electron chi connectivity index (χ2n) is 5.12. The third-order valence-electron chi connectivity index (χ3n) is 3.46.